The van der Waals surface area contributed by atoms with Crippen LogP contribution in [-0.4, -0.2) is 22.7 Å². The summed E-state index contributed by atoms with van der Waals surface area (Å²) in [6, 6.07) is 4.34. The minimum atomic E-state index is -1.44. The Labute approximate surface area is 135 Å². The number of pyridine rings is 1. The molecule has 2 amide bonds. The van der Waals surface area contributed by atoms with E-state index in [0.29, 0.717) is 6.07 Å². The molecular weight excluding hydrogens is 322 g/mol. The van der Waals surface area contributed by atoms with Crippen molar-refractivity contribution in [3.63, 3.8) is 0 Å². The van der Waals surface area contributed by atoms with Crippen molar-refractivity contribution in [1.82, 2.24) is 10.4 Å². The number of nitrogens with zero attached hydrogens (tertiary/aromatic N) is 2. The van der Waals surface area contributed by atoms with Crippen molar-refractivity contribution in [1.29, 1.82) is 0 Å². The van der Waals surface area contributed by atoms with Crippen LogP contribution in [0.25, 0.3) is 0 Å². The highest BCUT2D eigenvalue weighted by atomic mass is 19.1. The number of rotatable bonds is 4. The van der Waals surface area contributed by atoms with Crippen LogP contribution in [0.3, 0.4) is 0 Å². The molecule has 1 aromatic carbocycles. The van der Waals surface area contributed by atoms with Crippen LogP contribution < -0.4 is 15.8 Å². The summed E-state index contributed by atoms with van der Waals surface area (Å²) in [7, 11) is 0. The zero-order valence-electron chi connectivity index (χ0n) is 12.3. The Morgan fingerprint density at radius 1 is 1.21 bits per heavy atom. The first-order valence-corrected chi connectivity index (χ1v) is 6.61. The molecule has 0 aliphatic heterocycles. The fourth-order valence-electron chi connectivity index (χ4n) is 1.83. The Morgan fingerprint density at radius 3 is 2.50 bits per heavy atom. The molecule has 0 fully saturated rings. The lowest BCUT2D eigenvalue weighted by molar-refractivity contribution is -0.255. The molecular formula is C15H11F2N4O3-. The van der Waals surface area contributed by atoms with E-state index in [2.05, 4.69) is 20.8 Å². The Morgan fingerprint density at radius 2 is 1.88 bits per heavy atom. The maximum absolute atomic E-state index is 13.0. The number of amides is 2. The van der Waals surface area contributed by atoms with Gasteiger partial charge in [-0.15, -0.1) is 0 Å². The molecule has 9 heteroatoms. The topological polar surface area (TPSA) is 107 Å². The number of aromatic nitrogens is 1. The van der Waals surface area contributed by atoms with Crippen LogP contribution in [0.5, 0.6) is 0 Å². The highest BCUT2D eigenvalue weighted by molar-refractivity contribution is 6.05. The number of urea groups is 1. The van der Waals surface area contributed by atoms with Gasteiger partial charge in [-0.1, -0.05) is 0 Å². The Kier molecular flexibility index (Phi) is 5.15. The van der Waals surface area contributed by atoms with Gasteiger partial charge in [0.1, 0.15) is 11.6 Å². The fraction of sp³-hybridized carbons (Fsp3) is 0.0667. The van der Waals surface area contributed by atoms with E-state index >= 15 is 0 Å². The number of aromatic carboxylic acids is 1. The summed E-state index contributed by atoms with van der Waals surface area (Å²) in [5, 5.41) is 16.9. The standard InChI is InChI=1S/C15H12F2N4O3/c1-8(13-12(14(22)23)3-2-4-18-13)20-21-15(24)19-11-6-9(16)5-10(17)7-11/h2-7H,1H3,(H,22,23)(H2,19,21,24)/p-1/b20-8+. The van der Waals surface area contributed by atoms with Crippen molar-refractivity contribution in [2.45, 2.75) is 6.92 Å². The van der Waals surface area contributed by atoms with E-state index < -0.39 is 23.6 Å². The Balaban J connectivity index is 2.10. The van der Waals surface area contributed by atoms with Crippen molar-refractivity contribution in [2.75, 3.05) is 5.32 Å². The van der Waals surface area contributed by atoms with Crippen molar-refractivity contribution in [3.05, 3.63) is 59.4 Å². The number of hydrogen-bond acceptors (Lipinski definition) is 5. The van der Waals surface area contributed by atoms with Crippen LogP contribution in [0.1, 0.15) is 23.0 Å². The minimum Gasteiger partial charge on any atom is -0.545 e. The van der Waals surface area contributed by atoms with Crippen molar-refractivity contribution in [3.8, 4) is 0 Å². The molecule has 0 unspecified atom stereocenters. The zero-order valence-corrected chi connectivity index (χ0v) is 12.3. The number of carboxylic acid groups (broad SMARTS) is 1. The molecule has 2 N–H and O–H groups in total. The smallest absolute Gasteiger partial charge is 0.339 e. The number of carboxylic acids is 1. The summed E-state index contributed by atoms with van der Waals surface area (Å²) in [6.45, 7) is 1.43. The van der Waals surface area contributed by atoms with E-state index in [9.17, 15) is 23.5 Å². The van der Waals surface area contributed by atoms with E-state index in [0.717, 1.165) is 12.1 Å². The average Bonchev–Trinajstić information content (AvgIpc) is 2.51. The lowest BCUT2D eigenvalue weighted by atomic mass is 10.1. The van der Waals surface area contributed by atoms with Gasteiger partial charge in [0.25, 0.3) is 0 Å². The third-order valence-corrected chi connectivity index (χ3v) is 2.82. The molecule has 0 aliphatic rings. The first-order valence-electron chi connectivity index (χ1n) is 6.61. The molecule has 2 rings (SSSR count). The van der Waals surface area contributed by atoms with Crippen molar-refractivity contribution >= 4 is 23.4 Å². The number of carbonyl (C=O) groups is 2. The van der Waals surface area contributed by atoms with Gasteiger partial charge < -0.3 is 15.2 Å². The summed E-state index contributed by atoms with van der Waals surface area (Å²) >= 11 is 0. The van der Waals surface area contributed by atoms with Gasteiger partial charge >= 0.3 is 6.03 Å². The number of halogens is 2. The molecule has 1 aromatic heterocycles. The second kappa shape index (κ2) is 7.27. The number of benzene rings is 1. The van der Waals surface area contributed by atoms with E-state index in [1.807, 2.05) is 0 Å². The first kappa shape index (κ1) is 17.0. The number of carbonyl (C=O) groups excluding carboxylic acids is 2. The highest BCUT2D eigenvalue weighted by Crippen LogP contribution is 2.12. The van der Waals surface area contributed by atoms with Gasteiger partial charge in [-0.05, 0) is 31.2 Å². The Bertz CT molecular complexity index is 804. The average molecular weight is 333 g/mol. The van der Waals surface area contributed by atoms with Crippen LogP contribution in [0.4, 0.5) is 19.3 Å². The van der Waals surface area contributed by atoms with Gasteiger partial charge in [0.2, 0.25) is 0 Å². The molecule has 24 heavy (non-hydrogen) atoms. The predicted molar refractivity (Wildman–Crippen MR) is 79.3 cm³/mol. The minimum absolute atomic E-state index is 0.0228. The van der Waals surface area contributed by atoms with Gasteiger partial charge in [-0.25, -0.2) is 19.0 Å². The molecule has 1 heterocycles. The maximum atomic E-state index is 13.0. The molecule has 124 valence electrons. The van der Waals surface area contributed by atoms with Crippen molar-refractivity contribution < 1.29 is 23.5 Å². The zero-order chi connectivity index (χ0) is 17.7. The third kappa shape index (κ3) is 4.32. The normalized spacial score (nSPS) is 11.0. The van der Waals surface area contributed by atoms with E-state index in [-0.39, 0.29) is 22.7 Å². The van der Waals surface area contributed by atoms with Gasteiger partial charge in [0.15, 0.2) is 0 Å². The monoisotopic (exact) mass is 333 g/mol. The fourth-order valence-corrected chi connectivity index (χ4v) is 1.83. The van der Waals surface area contributed by atoms with Gasteiger partial charge in [-0.3, -0.25) is 4.98 Å². The van der Waals surface area contributed by atoms with Crippen LogP contribution in [-0.2, 0) is 0 Å². The molecule has 0 saturated carbocycles. The Hall–Kier alpha value is -3.36. The quantitative estimate of drug-likeness (QED) is 0.649. The molecule has 0 atom stereocenters. The van der Waals surface area contributed by atoms with Gasteiger partial charge in [0, 0.05) is 23.5 Å². The summed E-state index contributed by atoms with van der Waals surface area (Å²) < 4.78 is 26.0. The summed E-state index contributed by atoms with van der Waals surface area (Å²) in [4.78, 5) is 26.5. The molecule has 0 radical (unpaired) electrons. The summed E-state index contributed by atoms with van der Waals surface area (Å²) in [6.07, 6.45) is 1.36. The van der Waals surface area contributed by atoms with Crippen LogP contribution in [0, 0.1) is 11.6 Å². The molecule has 2 aromatic rings. The second-order valence-electron chi connectivity index (χ2n) is 4.61. The maximum Gasteiger partial charge on any atom is 0.339 e. The summed E-state index contributed by atoms with van der Waals surface area (Å²) in [5.41, 5.74) is 1.91. The third-order valence-electron chi connectivity index (χ3n) is 2.82. The van der Waals surface area contributed by atoms with E-state index in [1.54, 1.807) is 0 Å². The lowest BCUT2D eigenvalue weighted by Gasteiger charge is -2.09. The lowest BCUT2D eigenvalue weighted by Crippen LogP contribution is -2.28. The molecule has 0 spiro atoms. The van der Waals surface area contributed by atoms with Gasteiger partial charge in [-0.2, -0.15) is 5.10 Å². The van der Waals surface area contributed by atoms with E-state index in [1.165, 1.54) is 25.3 Å². The first-order chi connectivity index (χ1) is 11.4. The predicted octanol–water partition coefficient (Wildman–Crippen LogP) is 1.27. The van der Waals surface area contributed by atoms with Crippen LogP contribution in [0.2, 0.25) is 0 Å². The molecule has 0 saturated heterocycles. The number of hydrogen-bond donors (Lipinski definition) is 2. The molecule has 0 bridgehead atoms. The SMILES string of the molecule is C/C(=N\NC(=O)Nc1cc(F)cc(F)c1)c1ncccc1C(=O)[O-]. The number of hydrazone groups is 1. The molecule has 0 aliphatic carbocycles. The second-order valence-corrected chi connectivity index (χ2v) is 4.61. The van der Waals surface area contributed by atoms with Gasteiger partial charge in [0.05, 0.1) is 17.4 Å². The molecule has 7 nitrogen and oxygen atoms in total. The number of anilines is 1. The van der Waals surface area contributed by atoms with Crippen molar-refractivity contribution in [2.24, 2.45) is 5.10 Å². The van der Waals surface area contributed by atoms with Crippen LogP contribution >= 0.6 is 0 Å². The largest absolute Gasteiger partial charge is 0.545 e. The van der Waals surface area contributed by atoms with E-state index in [4.69, 9.17) is 0 Å². The summed E-state index contributed by atoms with van der Waals surface area (Å²) in [5.74, 6) is -3.14. The highest BCUT2D eigenvalue weighted by Gasteiger charge is 2.09. The van der Waals surface area contributed by atoms with Crippen LogP contribution in [0.15, 0.2) is 41.6 Å². The number of nitrogens with one attached hydrogen (secondary N) is 2.